The maximum atomic E-state index is 11.5. The van der Waals surface area contributed by atoms with E-state index in [1.54, 1.807) is 25.1 Å². The minimum absolute atomic E-state index is 0.103. The lowest BCUT2D eigenvalue weighted by Gasteiger charge is -2.10. The highest BCUT2D eigenvalue weighted by Crippen LogP contribution is 2.02. The minimum Gasteiger partial charge on any atom is -0.480 e. The lowest BCUT2D eigenvalue weighted by Crippen LogP contribution is -2.40. The summed E-state index contributed by atoms with van der Waals surface area (Å²) < 4.78 is 4.86. The predicted molar refractivity (Wildman–Crippen MR) is 57.0 cm³/mol. The number of carbonyl (C=O) groups is 2. The van der Waals surface area contributed by atoms with Gasteiger partial charge in [-0.3, -0.25) is 4.79 Å². The van der Waals surface area contributed by atoms with Crippen LogP contribution in [0.3, 0.4) is 0 Å². The van der Waals surface area contributed by atoms with Crippen molar-refractivity contribution in [2.24, 2.45) is 0 Å². The number of rotatable bonds is 5. The monoisotopic (exact) mass is 223 g/mol. The average molecular weight is 223 g/mol. The molecule has 0 saturated carbocycles. The Hall–Kier alpha value is -2.04. The number of amides is 1. The molecule has 1 aromatic rings. The molecule has 1 aromatic heterocycles. The van der Waals surface area contributed by atoms with Gasteiger partial charge in [-0.1, -0.05) is 12.2 Å². The molecule has 0 aliphatic carbocycles. The van der Waals surface area contributed by atoms with Crippen LogP contribution in [0, 0.1) is 0 Å². The molecule has 0 aliphatic rings. The van der Waals surface area contributed by atoms with Gasteiger partial charge in [0.1, 0.15) is 6.04 Å². The van der Waals surface area contributed by atoms with Crippen LogP contribution in [0.25, 0.3) is 0 Å². The quantitative estimate of drug-likeness (QED) is 0.740. The predicted octanol–water partition coefficient (Wildman–Crippen LogP) is 1.43. The van der Waals surface area contributed by atoms with Gasteiger partial charge >= 0.3 is 5.97 Å². The van der Waals surface area contributed by atoms with Gasteiger partial charge in [-0.15, -0.1) is 0 Å². The van der Waals surface area contributed by atoms with E-state index < -0.39 is 17.9 Å². The summed E-state index contributed by atoms with van der Waals surface area (Å²) >= 11 is 0. The maximum absolute atomic E-state index is 11.5. The lowest BCUT2D eigenvalue weighted by molar-refractivity contribution is -0.139. The van der Waals surface area contributed by atoms with Gasteiger partial charge in [0.2, 0.25) is 0 Å². The van der Waals surface area contributed by atoms with Crippen LogP contribution < -0.4 is 5.32 Å². The minimum atomic E-state index is -1.07. The van der Waals surface area contributed by atoms with Gasteiger partial charge in [0.05, 0.1) is 6.26 Å². The third-order valence-corrected chi connectivity index (χ3v) is 1.96. The average Bonchev–Trinajstić information content (AvgIpc) is 2.76. The molecule has 16 heavy (non-hydrogen) atoms. The second-order valence-electron chi connectivity index (χ2n) is 3.15. The van der Waals surface area contributed by atoms with Gasteiger partial charge < -0.3 is 14.8 Å². The molecule has 0 fully saturated rings. The zero-order chi connectivity index (χ0) is 12.0. The van der Waals surface area contributed by atoms with Crippen molar-refractivity contribution in [2.45, 2.75) is 19.4 Å². The Labute approximate surface area is 92.8 Å². The fraction of sp³-hybridized carbons (Fsp3) is 0.273. The highest BCUT2D eigenvalue weighted by molar-refractivity contribution is 5.94. The van der Waals surface area contributed by atoms with E-state index >= 15 is 0 Å². The van der Waals surface area contributed by atoms with Crippen molar-refractivity contribution in [2.75, 3.05) is 0 Å². The molecule has 1 atom stereocenters. The fourth-order valence-corrected chi connectivity index (χ4v) is 1.13. The third-order valence-electron chi connectivity index (χ3n) is 1.96. The van der Waals surface area contributed by atoms with Crippen molar-refractivity contribution in [3.05, 3.63) is 36.3 Å². The summed E-state index contributed by atoms with van der Waals surface area (Å²) in [5.74, 6) is -1.49. The Balaban J connectivity index is 2.61. The third kappa shape index (κ3) is 3.27. The van der Waals surface area contributed by atoms with E-state index in [1.165, 1.54) is 12.3 Å². The number of allylic oxidation sites excluding steroid dienone is 1. The van der Waals surface area contributed by atoms with E-state index in [4.69, 9.17) is 9.52 Å². The molecule has 0 radical (unpaired) electrons. The number of carboxylic acids is 1. The summed E-state index contributed by atoms with van der Waals surface area (Å²) in [6.07, 6.45) is 5.02. The SMILES string of the molecule is C/C=C/CC(NC(=O)c1ccco1)C(=O)O. The van der Waals surface area contributed by atoms with Gasteiger partial charge in [-0.25, -0.2) is 4.79 Å². The Morgan fingerprint density at radius 3 is 2.88 bits per heavy atom. The topological polar surface area (TPSA) is 79.5 Å². The van der Waals surface area contributed by atoms with Gasteiger partial charge in [0.15, 0.2) is 5.76 Å². The first-order chi connectivity index (χ1) is 7.65. The maximum Gasteiger partial charge on any atom is 0.326 e. The van der Waals surface area contributed by atoms with Gasteiger partial charge in [-0.05, 0) is 25.5 Å². The summed E-state index contributed by atoms with van der Waals surface area (Å²) in [5, 5.41) is 11.2. The van der Waals surface area contributed by atoms with Gasteiger partial charge in [0, 0.05) is 0 Å². The van der Waals surface area contributed by atoms with Crippen molar-refractivity contribution >= 4 is 11.9 Å². The zero-order valence-electron chi connectivity index (χ0n) is 8.84. The molecule has 86 valence electrons. The normalized spacial score (nSPS) is 12.6. The largest absolute Gasteiger partial charge is 0.480 e. The molecule has 1 heterocycles. The van der Waals surface area contributed by atoms with E-state index in [9.17, 15) is 9.59 Å². The number of aliphatic carboxylic acids is 1. The zero-order valence-corrected chi connectivity index (χ0v) is 8.84. The Morgan fingerprint density at radius 2 is 2.38 bits per heavy atom. The summed E-state index contributed by atoms with van der Waals surface area (Å²) in [6.45, 7) is 1.78. The molecule has 0 aliphatic heterocycles. The number of nitrogens with one attached hydrogen (secondary N) is 1. The van der Waals surface area contributed by atoms with Crippen LogP contribution in [0.4, 0.5) is 0 Å². The Kier molecular flexibility index (Phi) is 4.32. The highest BCUT2D eigenvalue weighted by atomic mass is 16.4. The van der Waals surface area contributed by atoms with E-state index in [0.717, 1.165) is 0 Å². The molecule has 1 amide bonds. The summed E-state index contributed by atoms with van der Waals surface area (Å²) in [6, 6.07) is 2.11. The van der Waals surface area contributed by atoms with E-state index in [0.29, 0.717) is 0 Å². The molecule has 1 rings (SSSR count). The fourth-order valence-electron chi connectivity index (χ4n) is 1.13. The van der Waals surface area contributed by atoms with Crippen molar-refractivity contribution in [3.8, 4) is 0 Å². The van der Waals surface area contributed by atoms with E-state index in [1.807, 2.05) is 0 Å². The van der Waals surface area contributed by atoms with Crippen LogP contribution in [0.1, 0.15) is 23.9 Å². The first kappa shape index (κ1) is 12.0. The summed E-state index contributed by atoms with van der Waals surface area (Å²) in [4.78, 5) is 22.3. The number of furan rings is 1. The molecule has 2 N–H and O–H groups in total. The lowest BCUT2D eigenvalue weighted by atomic mass is 10.2. The smallest absolute Gasteiger partial charge is 0.326 e. The van der Waals surface area contributed by atoms with Crippen molar-refractivity contribution in [3.63, 3.8) is 0 Å². The number of hydrogen-bond donors (Lipinski definition) is 2. The second-order valence-corrected chi connectivity index (χ2v) is 3.15. The van der Waals surface area contributed by atoms with Crippen molar-refractivity contribution in [1.82, 2.24) is 5.32 Å². The van der Waals surface area contributed by atoms with Gasteiger partial charge in [0.25, 0.3) is 5.91 Å². The molecule has 0 saturated heterocycles. The van der Waals surface area contributed by atoms with Gasteiger partial charge in [-0.2, -0.15) is 0 Å². The molecule has 0 bridgehead atoms. The van der Waals surface area contributed by atoms with E-state index in [2.05, 4.69) is 5.32 Å². The molecule has 1 unspecified atom stereocenters. The first-order valence-corrected chi connectivity index (χ1v) is 4.83. The molecule has 5 nitrogen and oxygen atoms in total. The van der Waals surface area contributed by atoms with Crippen LogP contribution in [0.15, 0.2) is 35.0 Å². The Morgan fingerprint density at radius 1 is 1.62 bits per heavy atom. The van der Waals surface area contributed by atoms with Crippen molar-refractivity contribution < 1.29 is 19.1 Å². The number of carboxylic acid groups (broad SMARTS) is 1. The standard InChI is InChI=1S/C11H13NO4/c1-2-3-5-8(11(14)15)12-10(13)9-6-4-7-16-9/h2-4,6-8H,5H2,1H3,(H,12,13)(H,14,15)/b3-2+. The Bertz CT molecular complexity index is 381. The molecule has 5 heteroatoms. The van der Waals surface area contributed by atoms with Crippen LogP contribution in [-0.2, 0) is 4.79 Å². The van der Waals surface area contributed by atoms with E-state index in [-0.39, 0.29) is 12.2 Å². The number of carbonyl (C=O) groups excluding carboxylic acids is 1. The van der Waals surface area contributed by atoms with Crippen molar-refractivity contribution in [1.29, 1.82) is 0 Å². The van der Waals surface area contributed by atoms with Crippen LogP contribution in [0.5, 0.6) is 0 Å². The molecular formula is C11H13NO4. The van der Waals surface area contributed by atoms with Crippen LogP contribution in [-0.4, -0.2) is 23.0 Å². The highest BCUT2D eigenvalue weighted by Gasteiger charge is 2.20. The molecule has 0 aromatic carbocycles. The molecule has 0 spiro atoms. The first-order valence-electron chi connectivity index (χ1n) is 4.83. The van der Waals surface area contributed by atoms with Crippen LogP contribution in [0.2, 0.25) is 0 Å². The second kappa shape index (κ2) is 5.75. The molecular weight excluding hydrogens is 210 g/mol. The number of hydrogen-bond acceptors (Lipinski definition) is 3. The summed E-state index contributed by atoms with van der Waals surface area (Å²) in [5.41, 5.74) is 0. The van der Waals surface area contributed by atoms with Crippen LogP contribution >= 0.6 is 0 Å². The summed E-state index contributed by atoms with van der Waals surface area (Å²) in [7, 11) is 0.